The smallest absolute Gasteiger partial charge is 0.320 e. The van der Waals surface area contributed by atoms with Crippen LogP contribution < -0.4 is 5.32 Å². The average Bonchev–Trinajstić information content (AvgIpc) is 2.96. The molecule has 1 saturated heterocycles. The van der Waals surface area contributed by atoms with E-state index in [9.17, 15) is 19.7 Å². The fraction of sp³-hybridized carbons (Fsp3) is 0.467. The van der Waals surface area contributed by atoms with Crippen molar-refractivity contribution in [2.75, 3.05) is 18.4 Å². The molecule has 1 aliphatic rings. The lowest BCUT2D eigenvalue weighted by Gasteiger charge is -2.20. The van der Waals surface area contributed by atoms with E-state index in [1.54, 1.807) is 17.9 Å². The lowest BCUT2D eigenvalue weighted by molar-refractivity contribution is -0.384. The second kappa shape index (κ2) is 7.19. The molecule has 0 unspecified atom stereocenters. The largest absolute Gasteiger partial charge is 0.480 e. The Balaban J connectivity index is 1.94. The number of nitro groups is 1. The number of benzene rings is 1. The maximum atomic E-state index is 12.0. The minimum absolute atomic E-state index is 0.0867. The Morgan fingerprint density at radius 3 is 2.87 bits per heavy atom. The number of nitro benzene ring substituents is 1. The standard InChI is InChI=1S/C15H19N3O5/c1-10-4-5-11(18(22)23)9-12(10)16-14(19)6-8-17-7-2-3-13(17)15(20)21/h4-5,9,13H,2-3,6-8H2,1H3,(H,16,19)(H,20,21)/t13-/m0/s1. The van der Waals surface area contributed by atoms with E-state index in [2.05, 4.69) is 5.32 Å². The molecule has 0 bridgehead atoms. The zero-order chi connectivity index (χ0) is 17.0. The third kappa shape index (κ3) is 4.26. The van der Waals surface area contributed by atoms with Gasteiger partial charge in [-0.1, -0.05) is 6.07 Å². The second-order valence-electron chi connectivity index (χ2n) is 5.59. The van der Waals surface area contributed by atoms with E-state index in [0.29, 0.717) is 25.2 Å². The van der Waals surface area contributed by atoms with E-state index in [4.69, 9.17) is 5.11 Å². The highest BCUT2D eigenvalue weighted by Crippen LogP contribution is 2.22. The number of carbonyl (C=O) groups excluding carboxylic acids is 1. The summed E-state index contributed by atoms with van der Waals surface area (Å²) in [5.41, 5.74) is 1.05. The van der Waals surface area contributed by atoms with Crippen LogP contribution in [0.1, 0.15) is 24.8 Å². The van der Waals surface area contributed by atoms with E-state index in [-0.39, 0.29) is 18.0 Å². The topological polar surface area (TPSA) is 113 Å². The lowest BCUT2D eigenvalue weighted by atomic mass is 10.1. The van der Waals surface area contributed by atoms with Crippen LogP contribution in [0.25, 0.3) is 0 Å². The van der Waals surface area contributed by atoms with Gasteiger partial charge < -0.3 is 10.4 Å². The van der Waals surface area contributed by atoms with Crippen molar-refractivity contribution in [3.63, 3.8) is 0 Å². The summed E-state index contributed by atoms with van der Waals surface area (Å²) in [5.74, 6) is -1.15. The molecule has 1 aromatic rings. The van der Waals surface area contributed by atoms with Gasteiger partial charge in [-0.2, -0.15) is 0 Å². The maximum Gasteiger partial charge on any atom is 0.320 e. The van der Waals surface area contributed by atoms with Gasteiger partial charge in [-0.15, -0.1) is 0 Å². The molecule has 23 heavy (non-hydrogen) atoms. The number of hydrogen-bond donors (Lipinski definition) is 2. The molecule has 0 spiro atoms. The number of nitrogens with zero attached hydrogens (tertiary/aromatic N) is 2. The monoisotopic (exact) mass is 321 g/mol. The number of nitrogens with one attached hydrogen (secondary N) is 1. The molecule has 1 heterocycles. The summed E-state index contributed by atoms with van der Waals surface area (Å²) in [6.45, 7) is 2.77. The Kier molecular flexibility index (Phi) is 5.28. The van der Waals surface area contributed by atoms with Crippen molar-refractivity contribution < 1.29 is 19.6 Å². The minimum Gasteiger partial charge on any atom is -0.480 e. The minimum atomic E-state index is -0.863. The molecule has 2 N–H and O–H groups in total. The molecular weight excluding hydrogens is 302 g/mol. The van der Waals surface area contributed by atoms with Gasteiger partial charge in [0.25, 0.3) is 5.69 Å². The van der Waals surface area contributed by atoms with Crippen LogP contribution in [0, 0.1) is 17.0 Å². The van der Waals surface area contributed by atoms with Gasteiger partial charge >= 0.3 is 5.97 Å². The van der Waals surface area contributed by atoms with E-state index < -0.39 is 16.9 Å². The van der Waals surface area contributed by atoms with E-state index in [0.717, 1.165) is 12.0 Å². The number of aryl methyl sites for hydroxylation is 1. The maximum absolute atomic E-state index is 12.0. The normalized spacial score (nSPS) is 17.9. The fourth-order valence-corrected chi connectivity index (χ4v) is 2.69. The first-order chi connectivity index (χ1) is 10.9. The van der Waals surface area contributed by atoms with E-state index in [1.165, 1.54) is 12.1 Å². The summed E-state index contributed by atoms with van der Waals surface area (Å²) in [6, 6.07) is 3.76. The van der Waals surface area contributed by atoms with Gasteiger partial charge in [-0.25, -0.2) is 0 Å². The van der Waals surface area contributed by atoms with Crippen LogP contribution >= 0.6 is 0 Å². The Morgan fingerprint density at radius 1 is 1.48 bits per heavy atom. The molecule has 8 nitrogen and oxygen atoms in total. The first-order valence-corrected chi connectivity index (χ1v) is 7.40. The Hall–Kier alpha value is -2.48. The Morgan fingerprint density at radius 2 is 2.22 bits per heavy atom. The molecule has 0 radical (unpaired) electrons. The van der Waals surface area contributed by atoms with Crippen molar-refractivity contribution in [1.82, 2.24) is 4.90 Å². The lowest BCUT2D eigenvalue weighted by Crippen LogP contribution is -2.37. The van der Waals surface area contributed by atoms with Crippen LogP contribution in [-0.4, -0.2) is 45.9 Å². The fourth-order valence-electron chi connectivity index (χ4n) is 2.69. The third-order valence-corrected chi connectivity index (χ3v) is 3.98. The number of anilines is 1. The summed E-state index contributed by atoms with van der Waals surface area (Å²) < 4.78 is 0. The van der Waals surface area contributed by atoms with Crippen molar-refractivity contribution in [1.29, 1.82) is 0 Å². The first kappa shape index (κ1) is 16.9. The second-order valence-corrected chi connectivity index (χ2v) is 5.59. The number of rotatable bonds is 6. The van der Waals surface area contributed by atoms with Gasteiger partial charge in [0.15, 0.2) is 0 Å². The highest BCUT2D eigenvalue weighted by Gasteiger charge is 2.30. The number of carboxylic acids is 1. The molecule has 0 aromatic heterocycles. The number of carbonyl (C=O) groups is 2. The molecule has 1 atom stereocenters. The van der Waals surface area contributed by atoms with Crippen molar-refractivity contribution in [2.45, 2.75) is 32.2 Å². The molecule has 1 aromatic carbocycles. The summed E-state index contributed by atoms with van der Waals surface area (Å²) in [4.78, 5) is 35.2. The Labute approximate surface area is 133 Å². The molecule has 8 heteroatoms. The number of hydrogen-bond acceptors (Lipinski definition) is 5. The van der Waals surface area contributed by atoms with Crippen molar-refractivity contribution in [3.05, 3.63) is 33.9 Å². The van der Waals surface area contributed by atoms with Crippen LogP contribution in [0.2, 0.25) is 0 Å². The molecule has 0 saturated carbocycles. The zero-order valence-corrected chi connectivity index (χ0v) is 12.8. The molecule has 1 aliphatic heterocycles. The number of aliphatic carboxylic acids is 1. The molecule has 1 amide bonds. The third-order valence-electron chi connectivity index (χ3n) is 3.98. The van der Waals surface area contributed by atoms with Crippen LogP contribution in [0.15, 0.2) is 18.2 Å². The highest BCUT2D eigenvalue weighted by atomic mass is 16.6. The van der Waals surface area contributed by atoms with Crippen LogP contribution in [0.3, 0.4) is 0 Å². The van der Waals surface area contributed by atoms with Gasteiger partial charge in [0.2, 0.25) is 5.91 Å². The molecule has 124 valence electrons. The summed E-state index contributed by atoms with van der Waals surface area (Å²) >= 11 is 0. The quantitative estimate of drug-likeness (QED) is 0.610. The van der Waals surface area contributed by atoms with Gasteiger partial charge in [-0.05, 0) is 31.9 Å². The van der Waals surface area contributed by atoms with Crippen LogP contribution in [0.4, 0.5) is 11.4 Å². The highest BCUT2D eigenvalue weighted by molar-refractivity contribution is 5.92. The predicted molar refractivity (Wildman–Crippen MR) is 83.3 cm³/mol. The number of carboxylic acid groups (broad SMARTS) is 1. The van der Waals surface area contributed by atoms with E-state index in [1.807, 2.05) is 0 Å². The van der Waals surface area contributed by atoms with Crippen molar-refractivity contribution in [2.24, 2.45) is 0 Å². The number of amides is 1. The molecular formula is C15H19N3O5. The summed E-state index contributed by atoms with van der Waals surface area (Å²) in [6.07, 6.45) is 1.55. The summed E-state index contributed by atoms with van der Waals surface area (Å²) in [5, 5.41) is 22.5. The molecule has 1 fully saturated rings. The average molecular weight is 321 g/mol. The van der Waals surface area contributed by atoms with Gasteiger partial charge in [0.05, 0.1) is 10.6 Å². The van der Waals surface area contributed by atoms with Crippen molar-refractivity contribution >= 4 is 23.3 Å². The number of likely N-dealkylation sites (tertiary alicyclic amines) is 1. The summed E-state index contributed by atoms with van der Waals surface area (Å²) in [7, 11) is 0. The van der Waals surface area contributed by atoms with Crippen LogP contribution in [-0.2, 0) is 9.59 Å². The number of non-ortho nitro benzene ring substituents is 1. The zero-order valence-electron chi connectivity index (χ0n) is 12.8. The van der Waals surface area contributed by atoms with Gasteiger partial charge in [0.1, 0.15) is 6.04 Å². The first-order valence-electron chi connectivity index (χ1n) is 7.40. The van der Waals surface area contributed by atoms with Gasteiger partial charge in [-0.3, -0.25) is 24.6 Å². The molecule has 2 rings (SSSR count). The van der Waals surface area contributed by atoms with E-state index >= 15 is 0 Å². The van der Waals surface area contributed by atoms with Crippen molar-refractivity contribution in [3.8, 4) is 0 Å². The molecule has 0 aliphatic carbocycles. The SMILES string of the molecule is Cc1ccc([N+](=O)[O-])cc1NC(=O)CCN1CCC[C@H]1C(=O)O. The predicted octanol–water partition coefficient (Wildman–Crippen LogP) is 1.78. The van der Waals surface area contributed by atoms with Crippen LogP contribution in [0.5, 0.6) is 0 Å². The Bertz CT molecular complexity index is 632. The van der Waals surface area contributed by atoms with Gasteiger partial charge in [0, 0.05) is 25.1 Å².